The summed E-state index contributed by atoms with van der Waals surface area (Å²) in [5.41, 5.74) is 1.43. The van der Waals surface area contributed by atoms with Gasteiger partial charge in [0.05, 0.1) is 5.60 Å². The van der Waals surface area contributed by atoms with Crippen molar-refractivity contribution in [3.05, 3.63) is 35.9 Å². The summed E-state index contributed by atoms with van der Waals surface area (Å²) in [5, 5.41) is 3.72. The van der Waals surface area contributed by atoms with Crippen molar-refractivity contribution in [2.24, 2.45) is 0 Å². The van der Waals surface area contributed by atoms with Crippen LogP contribution in [-0.2, 0) is 4.74 Å². The SMILES string of the molecule is COC1(C)CCCN(C(CNC2CC2)c2ccccc2)C1. The van der Waals surface area contributed by atoms with Crippen LogP contribution < -0.4 is 5.32 Å². The average Bonchev–Trinajstić information content (AvgIpc) is 3.33. The quantitative estimate of drug-likeness (QED) is 0.871. The lowest BCUT2D eigenvalue weighted by Crippen LogP contribution is -2.50. The first kappa shape index (κ1) is 15.0. The van der Waals surface area contributed by atoms with E-state index in [1.165, 1.54) is 31.4 Å². The summed E-state index contributed by atoms with van der Waals surface area (Å²) in [6.45, 7) is 5.49. The summed E-state index contributed by atoms with van der Waals surface area (Å²) < 4.78 is 5.77. The fourth-order valence-corrected chi connectivity index (χ4v) is 3.38. The Kier molecular flexibility index (Phi) is 4.63. The normalized spacial score (nSPS) is 28.5. The first-order chi connectivity index (χ1) is 10.2. The van der Waals surface area contributed by atoms with Gasteiger partial charge in [0.2, 0.25) is 0 Å². The van der Waals surface area contributed by atoms with E-state index >= 15 is 0 Å². The van der Waals surface area contributed by atoms with E-state index in [4.69, 9.17) is 4.74 Å². The lowest BCUT2D eigenvalue weighted by Gasteiger charge is -2.43. The lowest BCUT2D eigenvalue weighted by atomic mass is 9.92. The van der Waals surface area contributed by atoms with Crippen LogP contribution in [0.15, 0.2) is 30.3 Å². The van der Waals surface area contributed by atoms with E-state index in [2.05, 4.69) is 47.5 Å². The molecule has 2 atom stereocenters. The van der Waals surface area contributed by atoms with Gasteiger partial charge in [0, 0.05) is 32.3 Å². The van der Waals surface area contributed by atoms with Gasteiger partial charge in [0.15, 0.2) is 0 Å². The van der Waals surface area contributed by atoms with Crippen LogP contribution in [0.25, 0.3) is 0 Å². The number of ether oxygens (including phenoxy) is 1. The number of benzene rings is 1. The highest BCUT2D eigenvalue weighted by Gasteiger charge is 2.35. The molecule has 1 N–H and O–H groups in total. The summed E-state index contributed by atoms with van der Waals surface area (Å²) in [4.78, 5) is 2.61. The molecule has 0 radical (unpaired) electrons. The first-order valence-corrected chi connectivity index (χ1v) is 8.28. The Hall–Kier alpha value is -0.900. The maximum Gasteiger partial charge on any atom is 0.0777 e. The molecule has 0 bridgehead atoms. The standard InChI is InChI=1S/C18H28N2O/c1-18(21-2)11-6-12-20(14-18)17(13-19-16-9-10-16)15-7-4-3-5-8-15/h3-5,7-8,16-17,19H,6,9-14H2,1-2H3. The molecule has 0 aromatic heterocycles. The number of piperidine rings is 1. The van der Waals surface area contributed by atoms with Gasteiger partial charge >= 0.3 is 0 Å². The molecule has 1 aromatic rings. The van der Waals surface area contributed by atoms with E-state index in [0.29, 0.717) is 6.04 Å². The van der Waals surface area contributed by atoms with Crippen LogP contribution in [-0.4, -0.2) is 43.3 Å². The summed E-state index contributed by atoms with van der Waals surface area (Å²) in [5.74, 6) is 0. The molecule has 0 spiro atoms. The fraction of sp³-hybridized carbons (Fsp3) is 0.667. The van der Waals surface area contributed by atoms with Crippen molar-refractivity contribution in [1.82, 2.24) is 10.2 Å². The maximum atomic E-state index is 5.77. The van der Waals surface area contributed by atoms with Crippen LogP contribution in [0.4, 0.5) is 0 Å². The zero-order chi connectivity index (χ0) is 14.7. The molecule has 0 amide bonds. The molecule has 2 aliphatic rings. The van der Waals surface area contributed by atoms with E-state index in [-0.39, 0.29) is 5.60 Å². The summed E-state index contributed by atoms with van der Waals surface area (Å²) in [7, 11) is 1.85. The molecular weight excluding hydrogens is 260 g/mol. The number of methoxy groups -OCH3 is 1. The third-order valence-corrected chi connectivity index (χ3v) is 4.98. The fourth-order valence-electron chi connectivity index (χ4n) is 3.38. The molecule has 2 fully saturated rings. The van der Waals surface area contributed by atoms with Crippen LogP contribution in [0, 0.1) is 0 Å². The van der Waals surface area contributed by atoms with Gasteiger partial charge in [-0.25, -0.2) is 0 Å². The van der Waals surface area contributed by atoms with Crippen molar-refractivity contribution in [3.63, 3.8) is 0 Å². The van der Waals surface area contributed by atoms with Crippen molar-refractivity contribution < 1.29 is 4.74 Å². The Bertz CT molecular complexity index is 446. The van der Waals surface area contributed by atoms with E-state index in [1.807, 2.05) is 7.11 Å². The van der Waals surface area contributed by atoms with E-state index < -0.39 is 0 Å². The highest BCUT2D eigenvalue weighted by Crippen LogP contribution is 2.31. The average molecular weight is 288 g/mol. The topological polar surface area (TPSA) is 24.5 Å². The molecule has 3 heteroatoms. The molecule has 1 aromatic carbocycles. The van der Waals surface area contributed by atoms with Gasteiger partial charge < -0.3 is 10.1 Å². The van der Waals surface area contributed by atoms with Gasteiger partial charge in [-0.2, -0.15) is 0 Å². The largest absolute Gasteiger partial charge is 0.377 e. The second kappa shape index (κ2) is 6.47. The number of nitrogens with zero attached hydrogens (tertiary/aromatic N) is 1. The van der Waals surface area contributed by atoms with Gasteiger partial charge in [-0.1, -0.05) is 30.3 Å². The van der Waals surface area contributed by atoms with Crippen LogP contribution in [0.1, 0.15) is 44.2 Å². The predicted molar refractivity (Wildman–Crippen MR) is 86.4 cm³/mol. The Morgan fingerprint density at radius 1 is 1.33 bits per heavy atom. The summed E-state index contributed by atoms with van der Waals surface area (Å²) in [6.07, 6.45) is 5.07. The van der Waals surface area contributed by atoms with Crippen molar-refractivity contribution in [2.75, 3.05) is 26.7 Å². The number of rotatable bonds is 6. The van der Waals surface area contributed by atoms with Crippen molar-refractivity contribution in [2.45, 2.75) is 50.3 Å². The van der Waals surface area contributed by atoms with Crippen LogP contribution >= 0.6 is 0 Å². The minimum atomic E-state index is 0.00482. The zero-order valence-corrected chi connectivity index (χ0v) is 13.3. The Morgan fingerprint density at radius 2 is 2.10 bits per heavy atom. The van der Waals surface area contributed by atoms with Crippen LogP contribution in [0.2, 0.25) is 0 Å². The molecule has 1 heterocycles. The first-order valence-electron chi connectivity index (χ1n) is 8.28. The lowest BCUT2D eigenvalue weighted by molar-refractivity contribution is -0.0615. The minimum absolute atomic E-state index is 0.00482. The van der Waals surface area contributed by atoms with Crippen LogP contribution in [0.5, 0.6) is 0 Å². The molecule has 3 nitrogen and oxygen atoms in total. The third kappa shape index (κ3) is 3.85. The molecule has 2 unspecified atom stereocenters. The van der Waals surface area contributed by atoms with Gasteiger partial charge in [-0.3, -0.25) is 4.90 Å². The zero-order valence-electron chi connectivity index (χ0n) is 13.3. The monoisotopic (exact) mass is 288 g/mol. The van der Waals surface area contributed by atoms with Crippen molar-refractivity contribution in [1.29, 1.82) is 0 Å². The summed E-state index contributed by atoms with van der Waals surface area (Å²) in [6, 6.07) is 12.1. The molecule has 3 rings (SSSR count). The molecular formula is C18H28N2O. The van der Waals surface area contributed by atoms with Gasteiger partial charge in [0.1, 0.15) is 0 Å². The molecule has 1 aliphatic carbocycles. The highest BCUT2D eigenvalue weighted by atomic mass is 16.5. The number of nitrogens with one attached hydrogen (secondary N) is 1. The molecule has 21 heavy (non-hydrogen) atoms. The van der Waals surface area contributed by atoms with Gasteiger partial charge in [-0.15, -0.1) is 0 Å². The molecule has 116 valence electrons. The Morgan fingerprint density at radius 3 is 2.76 bits per heavy atom. The summed E-state index contributed by atoms with van der Waals surface area (Å²) >= 11 is 0. The molecule has 1 saturated carbocycles. The number of hydrogen-bond acceptors (Lipinski definition) is 3. The third-order valence-electron chi connectivity index (χ3n) is 4.98. The number of hydrogen-bond donors (Lipinski definition) is 1. The van der Waals surface area contributed by atoms with E-state index in [0.717, 1.165) is 25.6 Å². The van der Waals surface area contributed by atoms with E-state index in [9.17, 15) is 0 Å². The van der Waals surface area contributed by atoms with Gasteiger partial charge in [-0.05, 0) is 44.7 Å². The maximum absolute atomic E-state index is 5.77. The van der Waals surface area contributed by atoms with E-state index in [1.54, 1.807) is 0 Å². The minimum Gasteiger partial charge on any atom is -0.377 e. The molecule has 1 aliphatic heterocycles. The highest BCUT2D eigenvalue weighted by molar-refractivity contribution is 5.20. The Labute approximate surface area is 128 Å². The van der Waals surface area contributed by atoms with Crippen LogP contribution in [0.3, 0.4) is 0 Å². The predicted octanol–water partition coefficient (Wildman–Crippen LogP) is 2.98. The molecule has 1 saturated heterocycles. The van der Waals surface area contributed by atoms with Crippen molar-refractivity contribution >= 4 is 0 Å². The second-order valence-corrected chi connectivity index (χ2v) is 6.84. The Balaban J connectivity index is 1.73. The second-order valence-electron chi connectivity index (χ2n) is 6.84. The van der Waals surface area contributed by atoms with Gasteiger partial charge in [0.25, 0.3) is 0 Å². The van der Waals surface area contributed by atoms with Crippen molar-refractivity contribution in [3.8, 4) is 0 Å². The number of likely N-dealkylation sites (tertiary alicyclic amines) is 1. The smallest absolute Gasteiger partial charge is 0.0777 e.